The standard InChI is InChI=1S/C14H20N2O2/c1-18-13-10-6-5-9-12(13)15-16-14(17)11-7-3-2-4-8-11/h5-6,9-11,15H,2-4,7-8H2,1H3,(H,16,17). The van der Waals surface area contributed by atoms with Gasteiger partial charge in [0.05, 0.1) is 12.8 Å². The summed E-state index contributed by atoms with van der Waals surface area (Å²) in [5.74, 6) is 0.961. The van der Waals surface area contributed by atoms with Crippen molar-refractivity contribution in [1.82, 2.24) is 5.43 Å². The van der Waals surface area contributed by atoms with E-state index in [0.29, 0.717) is 0 Å². The van der Waals surface area contributed by atoms with Gasteiger partial charge in [0, 0.05) is 5.92 Å². The number of benzene rings is 1. The molecule has 0 atom stereocenters. The average Bonchev–Trinajstić information content (AvgIpc) is 2.46. The van der Waals surface area contributed by atoms with Crippen LogP contribution in [0.25, 0.3) is 0 Å². The molecule has 0 aliphatic heterocycles. The summed E-state index contributed by atoms with van der Waals surface area (Å²) in [5.41, 5.74) is 6.49. The van der Waals surface area contributed by atoms with Crippen LogP contribution in [0.2, 0.25) is 0 Å². The van der Waals surface area contributed by atoms with E-state index in [0.717, 1.165) is 37.1 Å². The molecule has 98 valence electrons. The number of hydrazine groups is 1. The molecule has 0 saturated heterocycles. The van der Waals surface area contributed by atoms with Crippen LogP contribution in [0, 0.1) is 5.92 Å². The Kier molecular flexibility index (Phi) is 4.45. The highest BCUT2D eigenvalue weighted by atomic mass is 16.5. The minimum atomic E-state index is 0.0839. The second kappa shape index (κ2) is 6.28. The van der Waals surface area contributed by atoms with Crippen LogP contribution in [-0.2, 0) is 4.79 Å². The van der Waals surface area contributed by atoms with Crippen molar-refractivity contribution in [2.24, 2.45) is 5.92 Å². The third kappa shape index (κ3) is 3.15. The lowest BCUT2D eigenvalue weighted by Gasteiger charge is -2.21. The second-order valence-electron chi connectivity index (χ2n) is 4.65. The highest BCUT2D eigenvalue weighted by molar-refractivity contribution is 5.80. The zero-order valence-corrected chi connectivity index (χ0v) is 10.7. The van der Waals surface area contributed by atoms with Gasteiger partial charge in [-0.25, -0.2) is 0 Å². The maximum Gasteiger partial charge on any atom is 0.241 e. The molecule has 0 spiro atoms. The summed E-state index contributed by atoms with van der Waals surface area (Å²) in [7, 11) is 1.61. The van der Waals surface area contributed by atoms with Crippen LogP contribution in [0.15, 0.2) is 24.3 Å². The highest BCUT2D eigenvalue weighted by Gasteiger charge is 2.20. The molecule has 0 unspecified atom stereocenters. The van der Waals surface area contributed by atoms with Crippen LogP contribution in [-0.4, -0.2) is 13.0 Å². The van der Waals surface area contributed by atoms with E-state index in [4.69, 9.17) is 4.74 Å². The molecule has 1 amide bonds. The van der Waals surface area contributed by atoms with Crippen LogP contribution >= 0.6 is 0 Å². The summed E-state index contributed by atoms with van der Waals surface area (Å²) in [4.78, 5) is 12.0. The summed E-state index contributed by atoms with van der Waals surface area (Å²) >= 11 is 0. The first-order chi connectivity index (χ1) is 8.81. The van der Waals surface area contributed by atoms with E-state index in [1.54, 1.807) is 7.11 Å². The predicted molar refractivity (Wildman–Crippen MR) is 71.3 cm³/mol. The first-order valence-corrected chi connectivity index (χ1v) is 6.50. The quantitative estimate of drug-likeness (QED) is 0.805. The Morgan fingerprint density at radius 2 is 1.94 bits per heavy atom. The molecule has 1 aliphatic rings. The largest absolute Gasteiger partial charge is 0.495 e. The first-order valence-electron chi connectivity index (χ1n) is 6.50. The van der Waals surface area contributed by atoms with Gasteiger partial charge in [-0.05, 0) is 25.0 Å². The molecule has 2 rings (SSSR count). The number of nitrogens with one attached hydrogen (secondary N) is 2. The van der Waals surface area contributed by atoms with E-state index in [1.165, 1.54) is 6.42 Å². The van der Waals surface area contributed by atoms with Gasteiger partial charge in [-0.1, -0.05) is 31.4 Å². The lowest BCUT2D eigenvalue weighted by molar-refractivity contribution is -0.125. The molecule has 0 bridgehead atoms. The summed E-state index contributed by atoms with van der Waals surface area (Å²) in [6, 6.07) is 7.53. The topological polar surface area (TPSA) is 50.4 Å². The van der Waals surface area contributed by atoms with Crippen LogP contribution in [0.3, 0.4) is 0 Å². The SMILES string of the molecule is COc1ccccc1NNC(=O)C1CCCCC1. The Hall–Kier alpha value is -1.71. The summed E-state index contributed by atoms with van der Waals surface area (Å²) in [6.07, 6.45) is 5.57. The second-order valence-corrected chi connectivity index (χ2v) is 4.65. The Bertz CT molecular complexity index is 401. The fourth-order valence-electron chi connectivity index (χ4n) is 2.34. The summed E-state index contributed by atoms with van der Waals surface area (Å²) in [6.45, 7) is 0. The van der Waals surface area contributed by atoms with Gasteiger partial charge < -0.3 is 4.74 Å². The summed E-state index contributed by atoms with van der Waals surface area (Å²) < 4.78 is 5.21. The van der Waals surface area contributed by atoms with Crippen molar-refractivity contribution >= 4 is 11.6 Å². The van der Waals surface area contributed by atoms with E-state index < -0.39 is 0 Å². The molecule has 1 fully saturated rings. The van der Waals surface area contributed by atoms with Gasteiger partial charge >= 0.3 is 0 Å². The molecule has 1 saturated carbocycles. The number of carbonyl (C=O) groups is 1. The Labute approximate surface area is 108 Å². The molecule has 4 heteroatoms. The molecule has 1 aromatic rings. The van der Waals surface area contributed by atoms with E-state index in [2.05, 4.69) is 10.9 Å². The fraction of sp³-hybridized carbons (Fsp3) is 0.500. The van der Waals surface area contributed by atoms with E-state index in [-0.39, 0.29) is 11.8 Å². The molecule has 1 aliphatic carbocycles. The van der Waals surface area contributed by atoms with Crippen molar-refractivity contribution in [2.75, 3.05) is 12.5 Å². The van der Waals surface area contributed by atoms with E-state index in [1.807, 2.05) is 24.3 Å². The maximum absolute atomic E-state index is 12.0. The lowest BCUT2D eigenvalue weighted by atomic mass is 9.89. The minimum Gasteiger partial charge on any atom is -0.495 e. The Morgan fingerprint density at radius 3 is 2.67 bits per heavy atom. The number of hydrogen-bond acceptors (Lipinski definition) is 3. The normalized spacial score (nSPS) is 16.1. The molecule has 18 heavy (non-hydrogen) atoms. The Balaban J connectivity index is 1.88. The average molecular weight is 248 g/mol. The zero-order chi connectivity index (χ0) is 12.8. The van der Waals surface area contributed by atoms with E-state index in [9.17, 15) is 4.79 Å². The highest BCUT2D eigenvalue weighted by Crippen LogP contribution is 2.25. The van der Waals surface area contributed by atoms with Crippen LogP contribution in [0.5, 0.6) is 5.75 Å². The number of anilines is 1. The third-order valence-electron chi connectivity index (χ3n) is 3.40. The third-order valence-corrected chi connectivity index (χ3v) is 3.40. The smallest absolute Gasteiger partial charge is 0.241 e. The molecule has 0 aromatic heterocycles. The van der Waals surface area contributed by atoms with Gasteiger partial charge in [-0.3, -0.25) is 15.6 Å². The van der Waals surface area contributed by atoms with Gasteiger partial charge in [0.15, 0.2) is 0 Å². The van der Waals surface area contributed by atoms with Gasteiger partial charge in [-0.15, -0.1) is 0 Å². The maximum atomic E-state index is 12.0. The molecular weight excluding hydrogens is 228 g/mol. The van der Waals surface area contributed by atoms with Gasteiger partial charge in [-0.2, -0.15) is 0 Å². The van der Waals surface area contributed by atoms with Gasteiger partial charge in [0.25, 0.3) is 0 Å². The predicted octanol–water partition coefficient (Wildman–Crippen LogP) is 2.72. The zero-order valence-electron chi connectivity index (χ0n) is 10.7. The van der Waals surface area contributed by atoms with Gasteiger partial charge in [0.1, 0.15) is 5.75 Å². The Morgan fingerprint density at radius 1 is 1.22 bits per heavy atom. The molecule has 4 nitrogen and oxygen atoms in total. The molecular formula is C14H20N2O2. The number of hydrogen-bond donors (Lipinski definition) is 2. The van der Waals surface area contributed by atoms with Crippen molar-refractivity contribution in [3.05, 3.63) is 24.3 Å². The van der Waals surface area contributed by atoms with Gasteiger partial charge in [0.2, 0.25) is 5.91 Å². The van der Waals surface area contributed by atoms with Crippen LogP contribution in [0.4, 0.5) is 5.69 Å². The molecule has 0 radical (unpaired) electrons. The van der Waals surface area contributed by atoms with Crippen molar-refractivity contribution in [2.45, 2.75) is 32.1 Å². The first kappa shape index (κ1) is 12.7. The van der Waals surface area contributed by atoms with Crippen molar-refractivity contribution in [3.8, 4) is 5.75 Å². The molecule has 2 N–H and O–H groups in total. The number of amides is 1. The number of para-hydroxylation sites is 2. The molecule has 0 heterocycles. The lowest BCUT2D eigenvalue weighted by Crippen LogP contribution is -2.36. The summed E-state index contributed by atoms with van der Waals surface area (Å²) in [5, 5.41) is 0. The van der Waals surface area contributed by atoms with E-state index >= 15 is 0 Å². The van der Waals surface area contributed by atoms with Crippen molar-refractivity contribution in [1.29, 1.82) is 0 Å². The van der Waals surface area contributed by atoms with Crippen LogP contribution < -0.4 is 15.6 Å². The number of ether oxygens (including phenoxy) is 1. The monoisotopic (exact) mass is 248 g/mol. The molecule has 1 aromatic carbocycles. The van der Waals surface area contributed by atoms with Crippen LogP contribution in [0.1, 0.15) is 32.1 Å². The number of methoxy groups -OCH3 is 1. The van der Waals surface area contributed by atoms with Crippen molar-refractivity contribution < 1.29 is 9.53 Å². The number of carbonyl (C=O) groups excluding carboxylic acids is 1. The minimum absolute atomic E-state index is 0.0839. The fourth-order valence-corrected chi connectivity index (χ4v) is 2.34. The van der Waals surface area contributed by atoms with Crippen molar-refractivity contribution in [3.63, 3.8) is 0 Å². The number of rotatable bonds is 4.